The number of aryl methyl sites for hydroxylation is 1. The van der Waals surface area contributed by atoms with Gasteiger partial charge in [0.15, 0.2) is 0 Å². The van der Waals surface area contributed by atoms with Gasteiger partial charge in [0, 0.05) is 25.5 Å². The Kier molecular flexibility index (Phi) is 7.95. The summed E-state index contributed by atoms with van der Waals surface area (Å²) in [7, 11) is 1.55. The fraction of sp³-hybridized carbons (Fsp3) is 0.412. The van der Waals surface area contributed by atoms with Gasteiger partial charge in [0.05, 0.1) is 0 Å². The molecule has 0 spiro atoms. The lowest BCUT2D eigenvalue weighted by Crippen LogP contribution is -2.43. The van der Waals surface area contributed by atoms with E-state index in [1.807, 2.05) is 0 Å². The number of carbonyl (C=O) groups is 2. The summed E-state index contributed by atoms with van der Waals surface area (Å²) >= 11 is 0. The second-order valence-electron chi connectivity index (χ2n) is 5.20. The first-order valence-corrected chi connectivity index (χ1v) is 7.56. The second kappa shape index (κ2) is 9.69. The number of rotatable bonds is 6. The molecule has 0 aliphatic carbocycles. The minimum Gasteiger partial charge on any atom is -0.374 e. The first-order valence-electron chi connectivity index (χ1n) is 7.56. The Bertz CT molecular complexity index is 663. The first kappa shape index (κ1) is 20.5. The van der Waals surface area contributed by atoms with Gasteiger partial charge in [-0.25, -0.2) is 0 Å². The van der Waals surface area contributed by atoms with E-state index in [9.17, 15) is 27.9 Å². The summed E-state index contributed by atoms with van der Waals surface area (Å²) in [5, 5.41) is 13.4. The quantitative estimate of drug-likeness (QED) is 0.534. The molecule has 1 aromatic rings. The Morgan fingerprint density at radius 3 is 2.68 bits per heavy atom. The van der Waals surface area contributed by atoms with Gasteiger partial charge in [0.2, 0.25) is 5.91 Å². The lowest BCUT2D eigenvalue weighted by molar-refractivity contribution is -0.176. The molecule has 0 bridgehead atoms. The van der Waals surface area contributed by atoms with Crippen molar-refractivity contribution in [3.63, 3.8) is 0 Å². The fourth-order valence-electron chi connectivity index (χ4n) is 1.88. The number of hydrogen-bond donors (Lipinski definition) is 3. The third kappa shape index (κ3) is 8.22. The van der Waals surface area contributed by atoms with Crippen molar-refractivity contribution in [2.24, 2.45) is 0 Å². The van der Waals surface area contributed by atoms with Crippen LogP contribution in [0.25, 0.3) is 0 Å². The van der Waals surface area contributed by atoms with E-state index in [4.69, 9.17) is 0 Å². The second-order valence-corrected chi connectivity index (χ2v) is 5.20. The van der Waals surface area contributed by atoms with Crippen LogP contribution in [0.1, 0.15) is 30.4 Å². The zero-order chi connectivity index (χ0) is 18.9. The van der Waals surface area contributed by atoms with Crippen LogP contribution in [0.3, 0.4) is 0 Å². The minimum absolute atomic E-state index is 0.0601. The maximum atomic E-state index is 12.1. The largest absolute Gasteiger partial charge is 0.471 e. The maximum Gasteiger partial charge on any atom is 0.471 e. The summed E-state index contributed by atoms with van der Waals surface area (Å²) in [5.74, 6) is 3.48. The molecule has 2 amide bonds. The number of benzene rings is 1. The summed E-state index contributed by atoms with van der Waals surface area (Å²) < 4.78 is 36.2. The SMILES string of the molecule is CNC(=O)CCC#Cc1cccc(CCC(O)NC(=O)C(F)(F)F)c1. The molecule has 0 saturated carbocycles. The van der Waals surface area contributed by atoms with Crippen LogP contribution in [0, 0.1) is 11.8 Å². The molecule has 0 aliphatic heterocycles. The van der Waals surface area contributed by atoms with Crippen molar-refractivity contribution in [3.05, 3.63) is 35.4 Å². The number of nitrogens with one attached hydrogen (secondary N) is 2. The number of aliphatic hydroxyl groups is 1. The van der Waals surface area contributed by atoms with Crippen LogP contribution in [0.5, 0.6) is 0 Å². The van der Waals surface area contributed by atoms with Crippen molar-refractivity contribution in [2.45, 2.75) is 38.1 Å². The van der Waals surface area contributed by atoms with E-state index in [1.54, 1.807) is 31.3 Å². The van der Waals surface area contributed by atoms with Gasteiger partial charge >= 0.3 is 12.1 Å². The Morgan fingerprint density at radius 1 is 1.32 bits per heavy atom. The van der Waals surface area contributed by atoms with Crippen molar-refractivity contribution in [1.82, 2.24) is 10.6 Å². The van der Waals surface area contributed by atoms with Crippen LogP contribution in [-0.2, 0) is 16.0 Å². The topological polar surface area (TPSA) is 78.4 Å². The highest BCUT2D eigenvalue weighted by atomic mass is 19.4. The molecule has 0 radical (unpaired) electrons. The predicted molar refractivity (Wildman–Crippen MR) is 85.1 cm³/mol. The van der Waals surface area contributed by atoms with Crippen LogP contribution < -0.4 is 10.6 Å². The average Bonchev–Trinajstić information content (AvgIpc) is 2.56. The molecule has 0 heterocycles. The molecule has 5 nitrogen and oxygen atoms in total. The van der Waals surface area contributed by atoms with Crippen LogP contribution in [0.2, 0.25) is 0 Å². The molecule has 1 rings (SSSR count). The average molecular weight is 356 g/mol. The molecular formula is C17H19F3N2O3. The Hall–Kier alpha value is -2.53. The normalized spacial score (nSPS) is 11.9. The zero-order valence-corrected chi connectivity index (χ0v) is 13.6. The summed E-state index contributed by atoms with van der Waals surface area (Å²) in [6.45, 7) is 0. The smallest absolute Gasteiger partial charge is 0.374 e. The van der Waals surface area contributed by atoms with Crippen molar-refractivity contribution < 1.29 is 27.9 Å². The van der Waals surface area contributed by atoms with Gasteiger partial charge in [-0.1, -0.05) is 24.0 Å². The summed E-state index contributed by atoms with van der Waals surface area (Å²) in [5.41, 5.74) is 1.46. The van der Waals surface area contributed by atoms with Crippen molar-refractivity contribution >= 4 is 11.8 Å². The number of hydrogen-bond acceptors (Lipinski definition) is 3. The van der Waals surface area contributed by atoms with Crippen LogP contribution in [0.15, 0.2) is 24.3 Å². The van der Waals surface area contributed by atoms with Gasteiger partial charge < -0.3 is 15.7 Å². The molecule has 3 N–H and O–H groups in total. The third-order valence-electron chi connectivity index (χ3n) is 3.18. The lowest BCUT2D eigenvalue weighted by Gasteiger charge is -2.14. The summed E-state index contributed by atoms with van der Waals surface area (Å²) in [6, 6.07) is 6.98. The zero-order valence-electron chi connectivity index (χ0n) is 13.6. The number of carbonyl (C=O) groups excluding carboxylic acids is 2. The van der Waals surface area contributed by atoms with E-state index in [1.165, 1.54) is 5.32 Å². The van der Waals surface area contributed by atoms with E-state index >= 15 is 0 Å². The van der Waals surface area contributed by atoms with Crippen molar-refractivity contribution in [1.29, 1.82) is 0 Å². The summed E-state index contributed by atoms with van der Waals surface area (Å²) in [4.78, 5) is 21.8. The van der Waals surface area contributed by atoms with Crippen LogP contribution in [0.4, 0.5) is 13.2 Å². The Morgan fingerprint density at radius 2 is 2.04 bits per heavy atom. The van der Waals surface area contributed by atoms with E-state index in [2.05, 4.69) is 17.2 Å². The van der Waals surface area contributed by atoms with Gasteiger partial charge in [0.1, 0.15) is 6.23 Å². The van der Waals surface area contributed by atoms with E-state index in [0.29, 0.717) is 18.4 Å². The number of halogens is 3. The van der Waals surface area contributed by atoms with Gasteiger partial charge in [-0.15, -0.1) is 0 Å². The molecule has 0 saturated heterocycles. The molecular weight excluding hydrogens is 337 g/mol. The highest BCUT2D eigenvalue weighted by Crippen LogP contribution is 2.15. The van der Waals surface area contributed by atoms with E-state index in [0.717, 1.165) is 5.56 Å². The first-order chi connectivity index (χ1) is 11.7. The van der Waals surface area contributed by atoms with E-state index in [-0.39, 0.29) is 18.7 Å². The standard InChI is InChI=1S/C17H19F3N2O3/c1-21-14(23)8-3-2-5-12-6-4-7-13(11-12)9-10-15(24)22-16(25)17(18,19)20/h4,6-7,11,15,24H,3,8-10H2,1H3,(H,21,23)(H,22,25). The van der Waals surface area contributed by atoms with Gasteiger partial charge in [-0.05, 0) is 30.5 Å². The predicted octanol–water partition coefficient (Wildman–Crippen LogP) is 1.49. The van der Waals surface area contributed by atoms with Gasteiger partial charge in [-0.3, -0.25) is 9.59 Å². The molecule has 0 fully saturated rings. The lowest BCUT2D eigenvalue weighted by atomic mass is 10.1. The molecule has 136 valence electrons. The molecule has 0 aliphatic rings. The number of amides is 2. The highest BCUT2D eigenvalue weighted by molar-refractivity contribution is 5.81. The van der Waals surface area contributed by atoms with Crippen LogP contribution >= 0.6 is 0 Å². The number of aliphatic hydroxyl groups excluding tert-OH is 1. The Balaban J connectivity index is 2.51. The van der Waals surface area contributed by atoms with Gasteiger partial charge in [-0.2, -0.15) is 13.2 Å². The molecule has 1 aromatic carbocycles. The fourth-order valence-corrected chi connectivity index (χ4v) is 1.88. The third-order valence-corrected chi connectivity index (χ3v) is 3.18. The van der Waals surface area contributed by atoms with Gasteiger partial charge in [0.25, 0.3) is 0 Å². The van der Waals surface area contributed by atoms with Crippen LogP contribution in [-0.4, -0.2) is 36.4 Å². The molecule has 0 aromatic heterocycles. The summed E-state index contributed by atoms with van der Waals surface area (Å²) in [6.07, 6.45) is -5.69. The highest BCUT2D eigenvalue weighted by Gasteiger charge is 2.39. The molecule has 1 unspecified atom stereocenters. The Labute approximate surface area is 143 Å². The number of alkyl halides is 3. The van der Waals surface area contributed by atoms with Crippen molar-refractivity contribution in [2.75, 3.05) is 7.05 Å². The van der Waals surface area contributed by atoms with Crippen molar-refractivity contribution in [3.8, 4) is 11.8 Å². The minimum atomic E-state index is -5.02. The van der Waals surface area contributed by atoms with E-state index < -0.39 is 18.3 Å². The molecule has 25 heavy (non-hydrogen) atoms. The molecule has 8 heteroatoms. The molecule has 1 atom stereocenters. The monoisotopic (exact) mass is 356 g/mol. The maximum absolute atomic E-state index is 12.1.